The van der Waals surface area contributed by atoms with Gasteiger partial charge in [-0.1, -0.05) is 67.8 Å². The molecule has 1 aliphatic heterocycles. The molecule has 0 atom stereocenters. The van der Waals surface area contributed by atoms with E-state index in [1.54, 1.807) is 31.3 Å². The van der Waals surface area contributed by atoms with Crippen LogP contribution < -0.4 is 0 Å². The molecule has 0 bridgehead atoms. The summed E-state index contributed by atoms with van der Waals surface area (Å²) in [6, 6.07) is 16.8. The molecule has 0 spiro atoms. The van der Waals surface area contributed by atoms with Crippen LogP contribution in [0, 0.1) is 0 Å². The van der Waals surface area contributed by atoms with Gasteiger partial charge in [-0.3, -0.25) is 9.69 Å². The van der Waals surface area contributed by atoms with E-state index >= 15 is 0 Å². The third-order valence-corrected chi connectivity index (χ3v) is 8.89. The SMILES string of the molecule is CN(C1CCCCC1)S(=O)(=O)c1cccc(C(=O)N2CCN(C/C=C/c3ccccc3)CC2)c1. The zero-order valence-corrected chi connectivity index (χ0v) is 20.8. The van der Waals surface area contributed by atoms with Gasteiger partial charge in [0.2, 0.25) is 10.0 Å². The van der Waals surface area contributed by atoms with Crippen molar-refractivity contribution in [3.05, 3.63) is 71.8 Å². The van der Waals surface area contributed by atoms with Gasteiger partial charge in [0.05, 0.1) is 4.90 Å². The molecule has 0 aromatic heterocycles. The Morgan fingerprint density at radius 3 is 2.38 bits per heavy atom. The van der Waals surface area contributed by atoms with Crippen molar-refractivity contribution in [3.8, 4) is 0 Å². The van der Waals surface area contributed by atoms with Crippen LogP contribution in [0.15, 0.2) is 65.6 Å². The smallest absolute Gasteiger partial charge is 0.253 e. The number of piperazine rings is 1. The highest BCUT2D eigenvalue weighted by molar-refractivity contribution is 7.89. The molecule has 4 rings (SSSR count). The van der Waals surface area contributed by atoms with Crippen molar-refractivity contribution < 1.29 is 13.2 Å². The Morgan fingerprint density at radius 2 is 1.68 bits per heavy atom. The van der Waals surface area contributed by atoms with Crippen LogP contribution in [0.4, 0.5) is 0 Å². The van der Waals surface area contributed by atoms with Crippen molar-refractivity contribution in [2.45, 2.75) is 43.0 Å². The first kappa shape index (κ1) is 24.6. The predicted octanol–water partition coefficient (Wildman–Crippen LogP) is 4.11. The quantitative estimate of drug-likeness (QED) is 0.597. The number of hydrogen-bond donors (Lipinski definition) is 0. The Labute approximate surface area is 203 Å². The van der Waals surface area contributed by atoms with Crippen LogP contribution in [0.2, 0.25) is 0 Å². The number of amides is 1. The van der Waals surface area contributed by atoms with Crippen LogP contribution in [-0.4, -0.2) is 74.2 Å². The Kier molecular flexibility index (Phi) is 8.19. The van der Waals surface area contributed by atoms with E-state index in [9.17, 15) is 13.2 Å². The van der Waals surface area contributed by atoms with E-state index in [-0.39, 0.29) is 16.8 Å². The fraction of sp³-hybridized carbons (Fsp3) is 0.444. The maximum absolute atomic E-state index is 13.2. The third kappa shape index (κ3) is 5.95. The van der Waals surface area contributed by atoms with Gasteiger partial charge in [-0.2, -0.15) is 4.31 Å². The normalized spacial score (nSPS) is 18.6. The van der Waals surface area contributed by atoms with Gasteiger partial charge < -0.3 is 4.90 Å². The first-order chi connectivity index (χ1) is 16.4. The molecule has 182 valence electrons. The number of carbonyl (C=O) groups excluding carboxylic acids is 1. The van der Waals surface area contributed by atoms with Crippen LogP contribution in [0.3, 0.4) is 0 Å². The first-order valence-corrected chi connectivity index (χ1v) is 13.7. The van der Waals surface area contributed by atoms with Gasteiger partial charge in [-0.25, -0.2) is 8.42 Å². The van der Waals surface area contributed by atoms with E-state index in [1.807, 2.05) is 23.1 Å². The molecule has 2 fully saturated rings. The first-order valence-electron chi connectivity index (χ1n) is 12.3. The van der Waals surface area contributed by atoms with E-state index in [4.69, 9.17) is 0 Å². The number of carbonyl (C=O) groups is 1. The summed E-state index contributed by atoms with van der Waals surface area (Å²) in [6.07, 6.45) is 9.38. The highest BCUT2D eigenvalue weighted by atomic mass is 32.2. The highest BCUT2D eigenvalue weighted by Gasteiger charge is 2.30. The second kappa shape index (κ2) is 11.3. The molecule has 1 heterocycles. The Bertz CT molecular complexity index is 1090. The summed E-state index contributed by atoms with van der Waals surface area (Å²) < 4.78 is 27.9. The fourth-order valence-corrected chi connectivity index (χ4v) is 6.28. The third-order valence-electron chi connectivity index (χ3n) is 6.98. The van der Waals surface area contributed by atoms with E-state index in [2.05, 4.69) is 29.2 Å². The second-order valence-electron chi connectivity index (χ2n) is 9.25. The standard InChI is InChI=1S/C27H35N3O3S/c1-28(25-14-6-3-7-15-25)34(32,33)26-16-8-13-24(22-26)27(31)30-20-18-29(19-21-30)17-9-12-23-10-4-2-5-11-23/h2,4-5,8-13,16,22,25H,3,6-7,14-15,17-21H2,1H3/b12-9+. The molecule has 6 nitrogen and oxygen atoms in total. The van der Waals surface area contributed by atoms with Gasteiger partial charge in [-0.15, -0.1) is 0 Å². The largest absolute Gasteiger partial charge is 0.336 e. The average molecular weight is 482 g/mol. The minimum atomic E-state index is -3.62. The molecule has 0 N–H and O–H groups in total. The molecule has 1 aliphatic carbocycles. The lowest BCUT2D eigenvalue weighted by molar-refractivity contribution is 0.0650. The Hall–Kier alpha value is -2.48. The number of sulfonamides is 1. The maximum Gasteiger partial charge on any atom is 0.253 e. The maximum atomic E-state index is 13.2. The Morgan fingerprint density at radius 1 is 0.971 bits per heavy atom. The molecular formula is C27H35N3O3S. The van der Waals surface area contributed by atoms with Crippen LogP contribution in [0.5, 0.6) is 0 Å². The van der Waals surface area contributed by atoms with E-state index in [1.165, 1.54) is 16.3 Å². The number of rotatable bonds is 7. The molecule has 2 aromatic rings. The lowest BCUT2D eigenvalue weighted by Gasteiger charge is -2.34. The summed E-state index contributed by atoms with van der Waals surface area (Å²) in [4.78, 5) is 17.5. The van der Waals surface area contributed by atoms with Crippen molar-refractivity contribution in [1.82, 2.24) is 14.1 Å². The van der Waals surface area contributed by atoms with Crippen molar-refractivity contribution in [1.29, 1.82) is 0 Å². The molecule has 1 saturated heterocycles. The lowest BCUT2D eigenvalue weighted by atomic mass is 9.96. The van der Waals surface area contributed by atoms with Crippen LogP contribution in [0.25, 0.3) is 6.08 Å². The fourth-order valence-electron chi connectivity index (χ4n) is 4.81. The summed E-state index contributed by atoms with van der Waals surface area (Å²) in [6.45, 7) is 3.71. The van der Waals surface area contributed by atoms with Crippen molar-refractivity contribution in [2.24, 2.45) is 0 Å². The predicted molar refractivity (Wildman–Crippen MR) is 136 cm³/mol. The minimum Gasteiger partial charge on any atom is -0.336 e. The Balaban J connectivity index is 1.35. The van der Waals surface area contributed by atoms with Gasteiger partial charge in [0.1, 0.15) is 0 Å². The highest BCUT2D eigenvalue weighted by Crippen LogP contribution is 2.27. The molecular weight excluding hydrogens is 446 g/mol. The number of benzene rings is 2. The van der Waals surface area contributed by atoms with Gasteiger partial charge in [0.15, 0.2) is 0 Å². The zero-order chi connectivity index (χ0) is 24.0. The molecule has 2 aromatic carbocycles. The van der Waals surface area contributed by atoms with Gasteiger partial charge in [0, 0.05) is 51.4 Å². The summed E-state index contributed by atoms with van der Waals surface area (Å²) in [5.74, 6) is -0.100. The molecule has 34 heavy (non-hydrogen) atoms. The molecule has 1 amide bonds. The van der Waals surface area contributed by atoms with E-state index in [0.717, 1.165) is 45.3 Å². The van der Waals surface area contributed by atoms with Gasteiger partial charge in [-0.05, 0) is 36.6 Å². The topological polar surface area (TPSA) is 60.9 Å². The molecule has 0 unspecified atom stereocenters. The van der Waals surface area contributed by atoms with Crippen LogP contribution >= 0.6 is 0 Å². The lowest BCUT2D eigenvalue weighted by Crippen LogP contribution is -2.48. The monoisotopic (exact) mass is 481 g/mol. The zero-order valence-electron chi connectivity index (χ0n) is 20.0. The number of hydrogen-bond acceptors (Lipinski definition) is 4. The number of nitrogens with zero attached hydrogens (tertiary/aromatic N) is 3. The molecule has 2 aliphatic rings. The molecule has 0 radical (unpaired) electrons. The van der Waals surface area contributed by atoms with Crippen molar-refractivity contribution >= 4 is 22.0 Å². The molecule has 1 saturated carbocycles. The van der Waals surface area contributed by atoms with Crippen LogP contribution in [-0.2, 0) is 10.0 Å². The summed E-state index contributed by atoms with van der Waals surface area (Å²) in [5, 5.41) is 0. The summed E-state index contributed by atoms with van der Waals surface area (Å²) in [7, 11) is -1.95. The van der Waals surface area contributed by atoms with Gasteiger partial charge in [0.25, 0.3) is 5.91 Å². The summed E-state index contributed by atoms with van der Waals surface area (Å²) >= 11 is 0. The van der Waals surface area contributed by atoms with Crippen LogP contribution in [0.1, 0.15) is 48.0 Å². The van der Waals surface area contributed by atoms with E-state index < -0.39 is 10.0 Å². The average Bonchev–Trinajstić information content (AvgIpc) is 2.89. The second-order valence-corrected chi connectivity index (χ2v) is 11.2. The van der Waals surface area contributed by atoms with Crippen molar-refractivity contribution in [3.63, 3.8) is 0 Å². The van der Waals surface area contributed by atoms with Crippen molar-refractivity contribution in [2.75, 3.05) is 39.8 Å². The molecule has 7 heteroatoms. The minimum absolute atomic E-state index is 0.0436. The van der Waals surface area contributed by atoms with Gasteiger partial charge >= 0.3 is 0 Å². The van der Waals surface area contributed by atoms with E-state index in [0.29, 0.717) is 18.7 Å². The summed E-state index contributed by atoms with van der Waals surface area (Å²) in [5.41, 5.74) is 1.62.